The number of carboxylic acids is 1. The highest BCUT2D eigenvalue weighted by molar-refractivity contribution is 5.89. The van der Waals surface area contributed by atoms with Gasteiger partial charge in [0.2, 0.25) is 5.91 Å². The van der Waals surface area contributed by atoms with Crippen LogP contribution in [0.1, 0.15) is 31.7 Å². The first-order valence-corrected chi connectivity index (χ1v) is 8.23. The lowest BCUT2D eigenvalue weighted by Crippen LogP contribution is -2.51. The molecule has 0 radical (unpaired) electrons. The van der Waals surface area contributed by atoms with Crippen LogP contribution in [-0.2, 0) is 19.7 Å². The molecule has 2 heterocycles. The average molecular weight is 317 g/mol. The van der Waals surface area contributed by atoms with Gasteiger partial charge in [-0.05, 0) is 31.7 Å². The summed E-state index contributed by atoms with van der Waals surface area (Å²) >= 11 is 0. The van der Waals surface area contributed by atoms with Gasteiger partial charge in [0, 0.05) is 25.8 Å². The Bertz CT molecular complexity index is 580. The van der Waals surface area contributed by atoms with Crippen LogP contribution in [-0.4, -0.2) is 47.7 Å². The van der Waals surface area contributed by atoms with Gasteiger partial charge in [0.15, 0.2) is 0 Å². The van der Waals surface area contributed by atoms with E-state index < -0.39 is 17.3 Å². The number of hydrogen-bond acceptors (Lipinski definition) is 3. The number of carbonyl (C=O) groups is 2. The molecule has 2 unspecified atom stereocenters. The molecule has 1 amide bonds. The Morgan fingerprint density at radius 2 is 1.87 bits per heavy atom. The summed E-state index contributed by atoms with van der Waals surface area (Å²) in [7, 11) is 0. The van der Waals surface area contributed by atoms with Crippen molar-refractivity contribution in [2.24, 2.45) is 5.92 Å². The van der Waals surface area contributed by atoms with Gasteiger partial charge in [-0.3, -0.25) is 9.59 Å². The summed E-state index contributed by atoms with van der Waals surface area (Å²) in [5.74, 6) is -1.22. The predicted molar refractivity (Wildman–Crippen MR) is 85.1 cm³/mol. The molecule has 124 valence electrons. The Morgan fingerprint density at radius 1 is 1.22 bits per heavy atom. The zero-order valence-electron chi connectivity index (χ0n) is 13.4. The summed E-state index contributed by atoms with van der Waals surface area (Å²) in [5, 5.41) is 9.32. The van der Waals surface area contributed by atoms with E-state index in [0.29, 0.717) is 39.0 Å². The Hall–Kier alpha value is -1.88. The fourth-order valence-corrected chi connectivity index (χ4v) is 3.93. The van der Waals surface area contributed by atoms with Crippen molar-refractivity contribution in [1.82, 2.24) is 4.90 Å². The average Bonchev–Trinajstić information content (AvgIpc) is 2.97. The van der Waals surface area contributed by atoms with Crippen molar-refractivity contribution in [3.05, 3.63) is 35.9 Å². The lowest BCUT2D eigenvalue weighted by Gasteiger charge is -2.40. The standard InChI is InChI=1S/C18H23NO4/c1-13-15(16(20)21)7-10-19(13)17(22)18(8-11-23-12-9-18)14-5-3-2-4-6-14/h2-6,13,15H,7-12H2,1H3,(H,20,21). The summed E-state index contributed by atoms with van der Waals surface area (Å²) < 4.78 is 5.48. The maximum absolute atomic E-state index is 13.4. The topological polar surface area (TPSA) is 66.8 Å². The molecule has 1 N–H and O–H groups in total. The first-order chi connectivity index (χ1) is 11.1. The molecule has 0 spiro atoms. The van der Waals surface area contributed by atoms with E-state index in [1.807, 2.05) is 37.3 Å². The van der Waals surface area contributed by atoms with Crippen molar-refractivity contribution in [3.8, 4) is 0 Å². The van der Waals surface area contributed by atoms with E-state index in [2.05, 4.69) is 0 Å². The van der Waals surface area contributed by atoms with Crippen LogP contribution in [0.4, 0.5) is 0 Å². The van der Waals surface area contributed by atoms with Crippen molar-refractivity contribution >= 4 is 11.9 Å². The van der Waals surface area contributed by atoms with E-state index in [-0.39, 0.29) is 11.9 Å². The van der Waals surface area contributed by atoms with Crippen LogP contribution in [0.15, 0.2) is 30.3 Å². The summed E-state index contributed by atoms with van der Waals surface area (Å²) in [4.78, 5) is 26.5. The minimum absolute atomic E-state index is 0.0586. The second-order valence-electron chi connectivity index (χ2n) is 6.53. The molecule has 1 aromatic rings. The monoisotopic (exact) mass is 317 g/mol. The van der Waals surface area contributed by atoms with Crippen LogP contribution in [0, 0.1) is 5.92 Å². The van der Waals surface area contributed by atoms with Crippen molar-refractivity contribution in [2.75, 3.05) is 19.8 Å². The van der Waals surface area contributed by atoms with Crippen LogP contribution < -0.4 is 0 Å². The third-order valence-corrected chi connectivity index (χ3v) is 5.42. The van der Waals surface area contributed by atoms with E-state index in [4.69, 9.17) is 4.74 Å². The van der Waals surface area contributed by atoms with Gasteiger partial charge in [-0.25, -0.2) is 0 Å². The van der Waals surface area contributed by atoms with E-state index in [0.717, 1.165) is 5.56 Å². The molecule has 2 aliphatic rings. The smallest absolute Gasteiger partial charge is 0.308 e. The van der Waals surface area contributed by atoms with Crippen LogP contribution in [0.2, 0.25) is 0 Å². The third kappa shape index (κ3) is 2.74. The normalized spacial score (nSPS) is 26.9. The number of ether oxygens (including phenoxy) is 1. The summed E-state index contributed by atoms with van der Waals surface area (Å²) in [6, 6.07) is 9.58. The summed E-state index contributed by atoms with van der Waals surface area (Å²) in [6.07, 6.45) is 1.83. The van der Waals surface area contributed by atoms with Gasteiger partial charge in [-0.2, -0.15) is 0 Å². The van der Waals surface area contributed by atoms with Gasteiger partial charge < -0.3 is 14.7 Å². The molecule has 0 saturated carbocycles. The second kappa shape index (κ2) is 6.32. The van der Waals surface area contributed by atoms with E-state index in [9.17, 15) is 14.7 Å². The van der Waals surface area contributed by atoms with E-state index in [1.165, 1.54) is 0 Å². The van der Waals surface area contributed by atoms with Crippen LogP contribution >= 0.6 is 0 Å². The number of amides is 1. The molecule has 5 heteroatoms. The molecule has 2 fully saturated rings. The molecule has 0 aromatic heterocycles. The maximum atomic E-state index is 13.4. The molecule has 2 aliphatic heterocycles. The minimum Gasteiger partial charge on any atom is -0.481 e. The zero-order chi connectivity index (χ0) is 16.4. The number of carboxylic acid groups (broad SMARTS) is 1. The van der Waals surface area contributed by atoms with Crippen LogP contribution in [0.5, 0.6) is 0 Å². The second-order valence-corrected chi connectivity index (χ2v) is 6.53. The molecular formula is C18H23NO4. The van der Waals surface area contributed by atoms with Gasteiger partial charge in [0.05, 0.1) is 11.3 Å². The van der Waals surface area contributed by atoms with Crippen molar-refractivity contribution in [1.29, 1.82) is 0 Å². The third-order valence-electron chi connectivity index (χ3n) is 5.42. The lowest BCUT2D eigenvalue weighted by atomic mass is 9.73. The first kappa shape index (κ1) is 16.0. The molecule has 0 aliphatic carbocycles. The van der Waals surface area contributed by atoms with E-state index in [1.54, 1.807) is 4.90 Å². The highest BCUT2D eigenvalue weighted by Gasteiger charge is 2.48. The van der Waals surface area contributed by atoms with Crippen LogP contribution in [0.25, 0.3) is 0 Å². The number of carbonyl (C=O) groups excluding carboxylic acids is 1. The molecule has 2 saturated heterocycles. The predicted octanol–water partition coefficient (Wildman–Crippen LogP) is 2.06. The number of rotatable bonds is 3. The highest BCUT2D eigenvalue weighted by atomic mass is 16.5. The zero-order valence-corrected chi connectivity index (χ0v) is 13.4. The highest BCUT2D eigenvalue weighted by Crippen LogP contribution is 2.39. The fourth-order valence-electron chi connectivity index (χ4n) is 3.93. The Labute approximate surface area is 136 Å². The van der Waals surface area contributed by atoms with E-state index >= 15 is 0 Å². The molecule has 2 atom stereocenters. The molecule has 23 heavy (non-hydrogen) atoms. The van der Waals surface area contributed by atoms with Gasteiger partial charge in [0.25, 0.3) is 0 Å². The van der Waals surface area contributed by atoms with Crippen LogP contribution in [0.3, 0.4) is 0 Å². The maximum Gasteiger partial charge on any atom is 0.308 e. The van der Waals surface area contributed by atoms with Crippen molar-refractivity contribution in [3.63, 3.8) is 0 Å². The lowest BCUT2D eigenvalue weighted by molar-refractivity contribution is -0.145. The number of hydrogen-bond donors (Lipinski definition) is 1. The Kier molecular flexibility index (Phi) is 4.39. The van der Waals surface area contributed by atoms with Crippen molar-refractivity contribution in [2.45, 2.75) is 37.6 Å². The summed E-state index contributed by atoms with van der Waals surface area (Å²) in [6.45, 7) is 3.49. The Morgan fingerprint density at radius 3 is 2.43 bits per heavy atom. The number of nitrogens with zero attached hydrogens (tertiary/aromatic N) is 1. The van der Waals surface area contributed by atoms with Gasteiger partial charge in [-0.1, -0.05) is 30.3 Å². The fraction of sp³-hybridized carbons (Fsp3) is 0.556. The van der Waals surface area contributed by atoms with Crippen molar-refractivity contribution < 1.29 is 19.4 Å². The first-order valence-electron chi connectivity index (χ1n) is 8.23. The quantitative estimate of drug-likeness (QED) is 0.926. The molecule has 0 bridgehead atoms. The Balaban J connectivity index is 1.92. The number of likely N-dealkylation sites (tertiary alicyclic amines) is 1. The van der Waals surface area contributed by atoms with Gasteiger partial charge in [0.1, 0.15) is 0 Å². The molecule has 5 nitrogen and oxygen atoms in total. The van der Waals surface area contributed by atoms with Gasteiger partial charge in [-0.15, -0.1) is 0 Å². The number of aliphatic carboxylic acids is 1. The minimum atomic E-state index is -0.812. The van der Waals surface area contributed by atoms with Gasteiger partial charge >= 0.3 is 5.97 Å². The number of benzene rings is 1. The SMILES string of the molecule is CC1C(C(=O)O)CCN1C(=O)C1(c2ccccc2)CCOCC1. The molecule has 1 aromatic carbocycles. The molecule has 3 rings (SSSR count). The largest absolute Gasteiger partial charge is 0.481 e. The molecular weight excluding hydrogens is 294 g/mol. The summed E-state index contributed by atoms with van der Waals surface area (Å²) in [5.41, 5.74) is 0.431.